The van der Waals surface area contributed by atoms with E-state index in [1.165, 1.54) is 6.42 Å². The molecule has 1 aliphatic rings. The average molecular weight is 227 g/mol. The fourth-order valence-electron chi connectivity index (χ4n) is 2.34. The van der Waals surface area contributed by atoms with E-state index in [4.69, 9.17) is 5.11 Å². The van der Waals surface area contributed by atoms with Crippen LogP contribution >= 0.6 is 0 Å². The minimum atomic E-state index is -0.917. The highest BCUT2D eigenvalue weighted by Crippen LogP contribution is 2.35. The van der Waals surface area contributed by atoms with Crippen LogP contribution in [0.4, 0.5) is 0 Å². The van der Waals surface area contributed by atoms with Crippen molar-refractivity contribution in [3.8, 4) is 0 Å². The van der Waals surface area contributed by atoms with Crippen LogP contribution in [0, 0.1) is 5.41 Å². The van der Waals surface area contributed by atoms with Crippen molar-refractivity contribution in [2.24, 2.45) is 5.41 Å². The Morgan fingerprint density at radius 1 is 1.38 bits per heavy atom. The summed E-state index contributed by atoms with van der Waals surface area (Å²) in [5, 5.41) is 11.4. The monoisotopic (exact) mass is 227 g/mol. The summed E-state index contributed by atoms with van der Waals surface area (Å²) >= 11 is 0. The van der Waals surface area contributed by atoms with Crippen molar-refractivity contribution in [2.75, 3.05) is 0 Å². The molecule has 1 aliphatic carbocycles. The van der Waals surface area contributed by atoms with Gasteiger partial charge >= 0.3 is 5.97 Å². The summed E-state index contributed by atoms with van der Waals surface area (Å²) in [5.74, 6) is -1.05. The number of aliphatic carboxylic acids is 1. The normalized spacial score (nSPS) is 23.8. The maximum absolute atomic E-state index is 11.5. The van der Waals surface area contributed by atoms with Gasteiger partial charge in [0.15, 0.2) is 0 Å². The second kappa shape index (κ2) is 5.32. The predicted octanol–water partition coefficient (Wildman–Crippen LogP) is 1.94. The molecule has 0 saturated heterocycles. The lowest BCUT2D eigenvalue weighted by atomic mass is 9.75. The summed E-state index contributed by atoms with van der Waals surface area (Å²) in [4.78, 5) is 21.8. The van der Waals surface area contributed by atoms with Gasteiger partial charge in [-0.2, -0.15) is 0 Å². The number of nitrogens with one attached hydrogen (secondary N) is 1. The minimum Gasteiger partial charge on any atom is -0.481 e. The van der Waals surface area contributed by atoms with E-state index in [0.717, 1.165) is 19.3 Å². The smallest absolute Gasteiger partial charge is 0.303 e. The molecule has 1 saturated carbocycles. The third-order valence-electron chi connectivity index (χ3n) is 3.14. The third-order valence-corrected chi connectivity index (χ3v) is 3.14. The molecule has 0 aliphatic heterocycles. The number of amides is 1. The van der Waals surface area contributed by atoms with Gasteiger partial charge in [-0.05, 0) is 24.7 Å². The lowest BCUT2D eigenvalue weighted by Crippen LogP contribution is -2.40. The van der Waals surface area contributed by atoms with Crippen LogP contribution in [0.2, 0.25) is 0 Å². The molecule has 1 unspecified atom stereocenters. The Balaban J connectivity index is 2.31. The van der Waals surface area contributed by atoms with Gasteiger partial charge in [-0.25, -0.2) is 0 Å². The van der Waals surface area contributed by atoms with Crippen molar-refractivity contribution in [1.82, 2.24) is 5.32 Å². The van der Waals surface area contributed by atoms with E-state index in [9.17, 15) is 9.59 Å². The van der Waals surface area contributed by atoms with E-state index >= 15 is 0 Å². The van der Waals surface area contributed by atoms with Crippen LogP contribution in [0.5, 0.6) is 0 Å². The van der Waals surface area contributed by atoms with Crippen molar-refractivity contribution >= 4 is 11.9 Å². The van der Waals surface area contributed by atoms with Crippen molar-refractivity contribution in [3.05, 3.63) is 0 Å². The molecule has 1 atom stereocenters. The zero-order valence-corrected chi connectivity index (χ0v) is 10.1. The first-order valence-electron chi connectivity index (χ1n) is 5.90. The van der Waals surface area contributed by atoms with Gasteiger partial charge in [0, 0.05) is 12.5 Å². The Morgan fingerprint density at radius 2 is 2.06 bits per heavy atom. The molecule has 1 fully saturated rings. The highest BCUT2D eigenvalue weighted by Gasteiger charge is 2.28. The van der Waals surface area contributed by atoms with Crippen LogP contribution in [0.25, 0.3) is 0 Å². The first kappa shape index (κ1) is 13.0. The molecule has 92 valence electrons. The van der Waals surface area contributed by atoms with Crippen molar-refractivity contribution in [1.29, 1.82) is 0 Å². The molecule has 0 radical (unpaired) electrons. The fraction of sp³-hybridized carbons (Fsp3) is 0.833. The van der Waals surface area contributed by atoms with E-state index in [1.807, 2.05) is 0 Å². The molecule has 1 rings (SSSR count). The molecular formula is C12H21NO3. The topological polar surface area (TPSA) is 66.4 Å². The van der Waals surface area contributed by atoms with Crippen LogP contribution in [0.1, 0.15) is 52.4 Å². The molecule has 0 bridgehead atoms. The van der Waals surface area contributed by atoms with Crippen LogP contribution < -0.4 is 5.32 Å². The summed E-state index contributed by atoms with van der Waals surface area (Å²) in [7, 11) is 0. The van der Waals surface area contributed by atoms with Crippen molar-refractivity contribution in [3.63, 3.8) is 0 Å². The van der Waals surface area contributed by atoms with Gasteiger partial charge in [-0.3, -0.25) is 9.59 Å². The van der Waals surface area contributed by atoms with Crippen LogP contribution in [0.15, 0.2) is 0 Å². The Morgan fingerprint density at radius 3 is 2.62 bits per heavy atom. The Labute approximate surface area is 96.4 Å². The van der Waals surface area contributed by atoms with Gasteiger partial charge in [0.05, 0.1) is 6.42 Å². The Hall–Kier alpha value is -1.06. The molecule has 0 aromatic carbocycles. The van der Waals surface area contributed by atoms with Gasteiger partial charge in [0.1, 0.15) is 0 Å². The average Bonchev–Trinajstić information content (AvgIpc) is 2.13. The predicted molar refractivity (Wildman–Crippen MR) is 61.0 cm³/mol. The van der Waals surface area contributed by atoms with Gasteiger partial charge in [-0.1, -0.05) is 20.3 Å². The number of carboxylic acids is 1. The van der Waals surface area contributed by atoms with Gasteiger partial charge in [0.2, 0.25) is 5.91 Å². The summed E-state index contributed by atoms with van der Waals surface area (Å²) in [6.45, 7) is 4.42. The number of carboxylic acid groups (broad SMARTS) is 1. The van der Waals surface area contributed by atoms with Gasteiger partial charge in [-0.15, -0.1) is 0 Å². The number of carbonyl (C=O) groups excluding carboxylic acids is 1. The van der Waals surface area contributed by atoms with Gasteiger partial charge in [0.25, 0.3) is 0 Å². The third kappa shape index (κ3) is 4.64. The maximum atomic E-state index is 11.5. The maximum Gasteiger partial charge on any atom is 0.303 e. The standard InChI is InChI=1S/C12H21NO3/c1-12(2)7-3-4-9(8-12)13-10(14)5-6-11(15)16/h9H,3-8H2,1-2H3,(H,13,14)(H,15,16). The van der Waals surface area contributed by atoms with E-state index in [1.54, 1.807) is 0 Å². The van der Waals surface area contributed by atoms with E-state index in [2.05, 4.69) is 19.2 Å². The Bertz CT molecular complexity index is 273. The number of rotatable bonds is 4. The molecule has 0 aromatic heterocycles. The Kier molecular flexibility index (Phi) is 4.33. The van der Waals surface area contributed by atoms with Crippen molar-refractivity contribution < 1.29 is 14.7 Å². The summed E-state index contributed by atoms with van der Waals surface area (Å²) in [6, 6.07) is 0.227. The van der Waals surface area contributed by atoms with Crippen LogP contribution in [-0.4, -0.2) is 23.0 Å². The van der Waals surface area contributed by atoms with Crippen molar-refractivity contribution in [2.45, 2.75) is 58.4 Å². The second-order valence-corrected chi connectivity index (χ2v) is 5.42. The zero-order valence-electron chi connectivity index (χ0n) is 10.1. The van der Waals surface area contributed by atoms with E-state index in [-0.39, 0.29) is 24.8 Å². The molecule has 2 N–H and O–H groups in total. The molecule has 1 amide bonds. The first-order valence-corrected chi connectivity index (χ1v) is 5.90. The van der Waals surface area contributed by atoms with Crippen LogP contribution in [0.3, 0.4) is 0 Å². The minimum absolute atomic E-state index is 0.0814. The number of hydrogen-bond acceptors (Lipinski definition) is 2. The summed E-state index contributed by atoms with van der Waals surface area (Å²) in [6.07, 6.45) is 4.35. The van der Waals surface area contributed by atoms with E-state index < -0.39 is 5.97 Å². The van der Waals surface area contributed by atoms with E-state index in [0.29, 0.717) is 5.41 Å². The largest absolute Gasteiger partial charge is 0.481 e. The molecule has 0 spiro atoms. The molecule has 16 heavy (non-hydrogen) atoms. The zero-order chi connectivity index (χ0) is 12.2. The lowest BCUT2D eigenvalue weighted by Gasteiger charge is -2.35. The fourth-order valence-corrected chi connectivity index (χ4v) is 2.34. The lowest BCUT2D eigenvalue weighted by molar-refractivity contribution is -0.139. The van der Waals surface area contributed by atoms with Crippen LogP contribution in [-0.2, 0) is 9.59 Å². The van der Waals surface area contributed by atoms with Gasteiger partial charge < -0.3 is 10.4 Å². The second-order valence-electron chi connectivity index (χ2n) is 5.42. The quantitative estimate of drug-likeness (QED) is 0.771. The number of hydrogen-bond donors (Lipinski definition) is 2. The highest BCUT2D eigenvalue weighted by molar-refractivity contribution is 5.80. The molecule has 4 heteroatoms. The highest BCUT2D eigenvalue weighted by atomic mass is 16.4. The number of carbonyl (C=O) groups is 2. The SMILES string of the molecule is CC1(C)CCCC(NC(=O)CCC(=O)O)C1. The molecule has 0 aromatic rings. The molecule has 4 nitrogen and oxygen atoms in total. The molecular weight excluding hydrogens is 206 g/mol. The molecule has 0 heterocycles. The summed E-state index contributed by atoms with van der Waals surface area (Å²) < 4.78 is 0. The first-order chi connectivity index (χ1) is 7.39. The summed E-state index contributed by atoms with van der Waals surface area (Å²) in [5.41, 5.74) is 0.295.